The Bertz CT molecular complexity index is 1030. The lowest BCUT2D eigenvalue weighted by molar-refractivity contribution is -0.138. The van der Waals surface area contributed by atoms with Gasteiger partial charge in [-0.1, -0.05) is 6.07 Å². The molecular formula is C21H17NO7S. The Morgan fingerprint density at radius 1 is 1.00 bits per heavy atom. The number of carbonyl (C=O) groups is 4. The lowest BCUT2D eigenvalue weighted by atomic mass is 10.2. The van der Waals surface area contributed by atoms with E-state index in [1.165, 1.54) is 44.6 Å². The number of nitrogens with zero attached hydrogens (tertiary/aromatic N) is 1. The Labute approximate surface area is 176 Å². The quantitative estimate of drug-likeness (QED) is 0.288. The van der Waals surface area contributed by atoms with Gasteiger partial charge in [0, 0.05) is 5.56 Å². The van der Waals surface area contributed by atoms with Crippen molar-refractivity contribution in [1.29, 1.82) is 0 Å². The first-order chi connectivity index (χ1) is 14.4. The summed E-state index contributed by atoms with van der Waals surface area (Å²) in [5, 5.41) is -0.569. The molecular weight excluding hydrogens is 410 g/mol. The van der Waals surface area contributed by atoms with Crippen molar-refractivity contribution in [3.63, 3.8) is 0 Å². The second kappa shape index (κ2) is 9.27. The summed E-state index contributed by atoms with van der Waals surface area (Å²) in [7, 11) is 3.01. The van der Waals surface area contributed by atoms with Crippen LogP contribution in [0.5, 0.6) is 17.2 Å². The van der Waals surface area contributed by atoms with Gasteiger partial charge in [0.2, 0.25) is 0 Å². The largest absolute Gasteiger partial charge is 0.493 e. The molecule has 8 nitrogen and oxygen atoms in total. The molecule has 2 aromatic carbocycles. The third kappa shape index (κ3) is 4.69. The van der Waals surface area contributed by atoms with Crippen molar-refractivity contribution in [2.45, 2.75) is 0 Å². The highest BCUT2D eigenvalue weighted by Crippen LogP contribution is 2.34. The van der Waals surface area contributed by atoms with E-state index in [9.17, 15) is 19.2 Å². The monoisotopic (exact) mass is 427 g/mol. The fraction of sp³-hybridized carbons (Fsp3) is 0.143. The molecule has 0 radical (unpaired) electrons. The van der Waals surface area contributed by atoms with E-state index in [0.29, 0.717) is 28.9 Å². The number of methoxy groups -OCH3 is 2. The fourth-order valence-electron chi connectivity index (χ4n) is 2.64. The maximum Gasteiger partial charge on any atom is 0.331 e. The molecule has 30 heavy (non-hydrogen) atoms. The molecule has 2 aromatic rings. The summed E-state index contributed by atoms with van der Waals surface area (Å²) >= 11 is 0.733. The van der Waals surface area contributed by atoms with E-state index in [4.69, 9.17) is 14.2 Å². The van der Waals surface area contributed by atoms with Gasteiger partial charge in [0.1, 0.15) is 18.6 Å². The van der Waals surface area contributed by atoms with E-state index in [1.807, 2.05) is 0 Å². The first-order valence-corrected chi connectivity index (χ1v) is 9.50. The number of amides is 2. The Morgan fingerprint density at radius 2 is 1.67 bits per heavy atom. The van der Waals surface area contributed by atoms with Gasteiger partial charge in [-0.25, -0.2) is 4.79 Å². The van der Waals surface area contributed by atoms with Crippen LogP contribution in [0.15, 0.2) is 47.4 Å². The maximum atomic E-state index is 12.6. The van der Waals surface area contributed by atoms with Crippen molar-refractivity contribution in [1.82, 2.24) is 4.90 Å². The average molecular weight is 427 g/mol. The summed E-state index contributed by atoms with van der Waals surface area (Å²) in [6.07, 6.45) is 2.20. The third-order valence-corrected chi connectivity index (χ3v) is 5.02. The number of ether oxygens (including phenoxy) is 3. The normalized spacial score (nSPS) is 14.7. The highest BCUT2D eigenvalue weighted by atomic mass is 32.2. The van der Waals surface area contributed by atoms with Crippen LogP contribution in [0.4, 0.5) is 4.79 Å². The number of rotatable bonds is 7. The molecule has 0 aliphatic carbocycles. The molecule has 0 aromatic heterocycles. The van der Waals surface area contributed by atoms with Crippen LogP contribution in [0.1, 0.15) is 15.9 Å². The molecule has 154 valence electrons. The summed E-state index contributed by atoms with van der Waals surface area (Å²) < 4.78 is 15.5. The zero-order chi connectivity index (χ0) is 21.7. The zero-order valence-corrected chi connectivity index (χ0v) is 16.9. The van der Waals surface area contributed by atoms with Crippen LogP contribution >= 0.6 is 11.8 Å². The fourth-order valence-corrected chi connectivity index (χ4v) is 3.48. The summed E-state index contributed by atoms with van der Waals surface area (Å²) in [6, 6.07) is 10.9. The number of esters is 1. The Kier molecular flexibility index (Phi) is 6.53. The molecule has 0 N–H and O–H groups in total. The van der Waals surface area contributed by atoms with Crippen LogP contribution in [0.25, 0.3) is 6.08 Å². The third-order valence-electron chi connectivity index (χ3n) is 4.11. The lowest BCUT2D eigenvalue weighted by Crippen LogP contribution is -2.35. The second-order valence-corrected chi connectivity index (χ2v) is 7.04. The van der Waals surface area contributed by atoms with E-state index < -0.39 is 23.7 Å². The summed E-state index contributed by atoms with van der Waals surface area (Å²) in [5.41, 5.74) is 1.07. The smallest absolute Gasteiger partial charge is 0.331 e. The molecule has 1 aliphatic rings. The summed E-state index contributed by atoms with van der Waals surface area (Å²) in [6.45, 7) is -0.524. The zero-order valence-electron chi connectivity index (χ0n) is 16.1. The van der Waals surface area contributed by atoms with Gasteiger partial charge in [-0.15, -0.1) is 0 Å². The van der Waals surface area contributed by atoms with Crippen LogP contribution < -0.4 is 14.2 Å². The molecule has 1 heterocycles. The van der Waals surface area contributed by atoms with Crippen molar-refractivity contribution in [2.24, 2.45) is 0 Å². The second-order valence-electron chi connectivity index (χ2n) is 6.04. The maximum absolute atomic E-state index is 12.6. The number of thioether (sulfide) groups is 1. The van der Waals surface area contributed by atoms with Gasteiger partial charge < -0.3 is 14.2 Å². The van der Waals surface area contributed by atoms with Crippen molar-refractivity contribution in [3.8, 4) is 17.2 Å². The van der Waals surface area contributed by atoms with Crippen molar-refractivity contribution < 1.29 is 33.4 Å². The molecule has 3 rings (SSSR count). The highest BCUT2D eigenvalue weighted by molar-refractivity contribution is 8.18. The molecule has 1 fully saturated rings. The number of benzene rings is 2. The van der Waals surface area contributed by atoms with Crippen LogP contribution in [-0.4, -0.2) is 49.1 Å². The van der Waals surface area contributed by atoms with E-state index >= 15 is 0 Å². The van der Waals surface area contributed by atoms with Gasteiger partial charge in [-0.3, -0.25) is 19.3 Å². The van der Waals surface area contributed by atoms with Gasteiger partial charge >= 0.3 is 5.97 Å². The molecule has 0 saturated carbocycles. The number of aldehydes is 1. The van der Waals surface area contributed by atoms with Gasteiger partial charge in [-0.05, 0) is 59.8 Å². The van der Waals surface area contributed by atoms with E-state index in [-0.39, 0.29) is 10.7 Å². The number of imide groups is 1. The molecule has 0 unspecified atom stereocenters. The standard InChI is InChI=1S/C21H17NO7S/c1-27-16-8-5-14(9-17(16)28-2)10-18-20(25)22(21(26)30-18)11-19(24)29-15-6-3-13(12-23)4-7-15/h3-10,12H,11H2,1-2H3/b18-10-. The molecule has 9 heteroatoms. The molecule has 0 bridgehead atoms. The lowest BCUT2D eigenvalue weighted by Gasteiger charge is -2.11. The van der Waals surface area contributed by atoms with Gasteiger partial charge in [0.25, 0.3) is 11.1 Å². The van der Waals surface area contributed by atoms with Crippen LogP contribution in [0.3, 0.4) is 0 Å². The van der Waals surface area contributed by atoms with E-state index in [2.05, 4.69) is 0 Å². The SMILES string of the molecule is COc1ccc(/C=C2\SC(=O)N(CC(=O)Oc3ccc(C=O)cc3)C2=O)cc1OC. The highest BCUT2D eigenvalue weighted by Gasteiger charge is 2.36. The van der Waals surface area contributed by atoms with Crippen molar-refractivity contribution >= 4 is 41.2 Å². The Morgan fingerprint density at radius 3 is 2.30 bits per heavy atom. The Balaban J connectivity index is 1.70. The first kappa shape index (κ1) is 21.1. The molecule has 1 aliphatic heterocycles. The molecule has 2 amide bonds. The summed E-state index contributed by atoms with van der Waals surface area (Å²) in [4.78, 5) is 48.6. The van der Waals surface area contributed by atoms with Gasteiger partial charge in [0.05, 0.1) is 19.1 Å². The first-order valence-electron chi connectivity index (χ1n) is 8.68. The predicted molar refractivity (Wildman–Crippen MR) is 110 cm³/mol. The van der Waals surface area contributed by atoms with Crippen molar-refractivity contribution in [3.05, 3.63) is 58.5 Å². The minimum absolute atomic E-state index is 0.176. The average Bonchev–Trinajstić information content (AvgIpc) is 3.01. The number of hydrogen-bond donors (Lipinski definition) is 0. The molecule has 1 saturated heterocycles. The topological polar surface area (TPSA) is 99.2 Å². The van der Waals surface area contributed by atoms with Crippen LogP contribution in [0, 0.1) is 0 Å². The predicted octanol–water partition coefficient (Wildman–Crippen LogP) is 3.16. The molecule has 0 atom stereocenters. The van der Waals surface area contributed by atoms with E-state index in [0.717, 1.165) is 16.7 Å². The van der Waals surface area contributed by atoms with Gasteiger partial charge in [-0.2, -0.15) is 0 Å². The Hall–Kier alpha value is -3.59. The van der Waals surface area contributed by atoms with E-state index in [1.54, 1.807) is 18.2 Å². The van der Waals surface area contributed by atoms with Gasteiger partial charge in [0.15, 0.2) is 11.5 Å². The minimum atomic E-state index is -0.775. The number of hydrogen-bond acceptors (Lipinski definition) is 8. The van der Waals surface area contributed by atoms with Crippen molar-refractivity contribution in [2.75, 3.05) is 20.8 Å². The summed E-state index contributed by atoms with van der Waals surface area (Å²) in [5.74, 6) is -0.142. The van der Waals surface area contributed by atoms with Crippen LogP contribution in [-0.2, 0) is 9.59 Å². The van der Waals surface area contributed by atoms with Crippen LogP contribution in [0.2, 0.25) is 0 Å². The minimum Gasteiger partial charge on any atom is -0.493 e. The molecule has 0 spiro atoms. The number of carbonyl (C=O) groups excluding carboxylic acids is 4.